The van der Waals surface area contributed by atoms with Gasteiger partial charge in [-0.1, -0.05) is 28.8 Å². The molecule has 16 heavy (non-hydrogen) atoms. The molecule has 0 aliphatic heterocycles. The second-order valence-corrected chi connectivity index (χ2v) is 5.33. The van der Waals surface area contributed by atoms with Crippen LogP contribution in [-0.4, -0.2) is 7.05 Å². The van der Waals surface area contributed by atoms with Gasteiger partial charge in [0.15, 0.2) is 0 Å². The fourth-order valence-corrected chi connectivity index (χ4v) is 3.18. The molecule has 1 N–H and O–H groups in total. The van der Waals surface area contributed by atoms with Crippen molar-refractivity contribution in [2.75, 3.05) is 7.05 Å². The van der Waals surface area contributed by atoms with E-state index in [2.05, 4.69) is 21.2 Å². The van der Waals surface area contributed by atoms with Crippen molar-refractivity contribution in [1.29, 1.82) is 0 Å². The Morgan fingerprint density at radius 3 is 2.69 bits per heavy atom. The molecule has 1 atom stereocenters. The topological polar surface area (TPSA) is 12.0 Å². The molecule has 0 spiro atoms. The predicted molar refractivity (Wildman–Crippen MR) is 67.9 cm³/mol. The molecule has 0 bridgehead atoms. The minimum atomic E-state index is -0.156. The van der Waals surface area contributed by atoms with E-state index in [-0.39, 0.29) is 11.9 Å². The van der Waals surface area contributed by atoms with E-state index < -0.39 is 0 Å². The van der Waals surface area contributed by atoms with Crippen LogP contribution in [0.3, 0.4) is 0 Å². The largest absolute Gasteiger partial charge is 0.313 e. The minimum absolute atomic E-state index is 0.156. The van der Waals surface area contributed by atoms with Crippen LogP contribution in [0.25, 0.3) is 0 Å². The second kappa shape index (κ2) is 5.28. The summed E-state index contributed by atoms with van der Waals surface area (Å²) in [6.45, 7) is 0. The van der Waals surface area contributed by atoms with Crippen molar-refractivity contribution in [3.05, 3.63) is 34.1 Å². The molecular formula is C13H17BrFN. The third-order valence-corrected chi connectivity index (χ3v) is 4.20. The average Bonchev–Trinajstić information content (AvgIpc) is 2.78. The lowest BCUT2D eigenvalue weighted by Gasteiger charge is -2.24. The van der Waals surface area contributed by atoms with Crippen LogP contribution in [0.15, 0.2) is 22.7 Å². The highest BCUT2D eigenvalue weighted by Gasteiger charge is 2.26. The Labute approximate surface area is 105 Å². The Morgan fingerprint density at radius 1 is 1.38 bits per heavy atom. The fraction of sp³-hybridized carbons (Fsp3) is 0.538. The van der Waals surface area contributed by atoms with Gasteiger partial charge in [-0.05, 0) is 49.6 Å². The molecule has 1 nitrogen and oxygen atoms in total. The standard InChI is InChI=1S/C13H17BrFN/c1-16-13(9-4-2-3-5-9)11-8-10(15)6-7-12(11)14/h6-9,13,16H,2-5H2,1H3. The van der Waals surface area contributed by atoms with Gasteiger partial charge in [-0.25, -0.2) is 4.39 Å². The number of hydrogen-bond acceptors (Lipinski definition) is 1. The normalized spacial score (nSPS) is 18.9. The lowest BCUT2D eigenvalue weighted by molar-refractivity contribution is 0.388. The van der Waals surface area contributed by atoms with E-state index in [0.29, 0.717) is 5.92 Å². The van der Waals surface area contributed by atoms with Crippen LogP contribution in [0, 0.1) is 11.7 Å². The van der Waals surface area contributed by atoms with Crippen molar-refractivity contribution in [1.82, 2.24) is 5.32 Å². The first-order valence-corrected chi connectivity index (χ1v) is 6.64. The molecule has 0 radical (unpaired) electrons. The lowest BCUT2D eigenvalue weighted by atomic mass is 9.92. The Balaban J connectivity index is 2.28. The molecule has 0 amide bonds. The Bertz CT molecular complexity index is 361. The molecule has 1 saturated carbocycles. The molecule has 88 valence electrons. The zero-order chi connectivity index (χ0) is 11.5. The number of rotatable bonds is 3. The van der Waals surface area contributed by atoms with Gasteiger partial charge in [-0.2, -0.15) is 0 Å². The summed E-state index contributed by atoms with van der Waals surface area (Å²) in [6, 6.07) is 5.20. The van der Waals surface area contributed by atoms with Gasteiger partial charge in [0.05, 0.1) is 0 Å². The second-order valence-electron chi connectivity index (χ2n) is 4.48. The van der Waals surface area contributed by atoms with Gasteiger partial charge in [-0.15, -0.1) is 0 Å². The van der Waals surface area contributed by atoms with Crippen LogP contribution in [0.5, 0.6) is 0 Å². The van der Waals surface area contributed by atoms with Crippen LogP contribution in [0.1, 0.15) is 37.3 Å². The maximum atomic E-state index is 13.3. The van der Waals surface area contributed by atoms with Gasteiger partial charge in [-0.3, -0.25) is 0 Å². The molecule has 0 aromatic heterocycles. The molecule has 1 aliphatic rings. The predicted octanol–water partition coefficient (Wildman–Crippen LogP) is 4.04. The number of benzene rings is 1. The minimum Gasteiger partial charge on any atom is -0.313 e. The highest BCUT2D eigenvalue weighted by atomic mass is 79.9. The lowest BCUT2D eigenvalue weighted by Crippen LogP contribution is -2.24. The molecule has 1 aromatic rings. The van der Waals surface area contributed by atoms with Crippen LogP contribution >= 0.6 is 15.9 Å². The van der Waals surface area contributed by atoms with E-state index in [1.165, 1.54) is 31.7 Å². The SMILES string of the molecule is CNC(c1cc(F)ccc1Br)C1CCCC1. The first-order chi connectivity index (χ1) is 7.72. The highest BCUT2D eigenvalue weighted by molar-refractivity contribution is 9.10. The number of nitrogens with one attached hydrogen (secondary N) is 1. The van der Waals surface area contributed by atoms with Crippen molar-refractivity contribution < 1.29 is 4.39 Å². The highest BCUT2D eigenvalue weighted by Crippen LogP contribution is 2.38. The summed E-state index contributed by atoms with van der Waals surface area (Å²) in [7, 11) is 1.96. The van der Waals surface area contributed by atoms with Crippen LogP contribution in [-0.2, 0) is 0 Å². The smallest absolute Gasteiger partial charge is 0.123 e. The molecule has 3 heteroatoms. The van der Waals surface area contributed by atoms with E-state index in [0.717, 1.165) is 10.0 Å². The first-order valence-electron chi connectivity index (χ1n) is 5.84. The van der Waals surface area contributed by atoms with Crippen molar-refractivity contribution in [2.45, 2.75) is 31.7 Å². The number of hydrogen-bond donors (Lipinski definition) is 1. The zero-order valence-electron chi connectivity index (χ0n) is 9.47. The quantitative estimate of drug-likeness (QED) is 0.884. The third-order valence-electron chi connectivity index (χ3n) is 3.48. The Kier molecular flexibility index (Phi) is 3.98. The maximum Gasteiger partial charge on any atom is 0.123 e. The molecular weight excluding hydrogens is 269 g/mol. The van der Waals surface area contributed by atoms with E-state index in [1.807, 2.05) is 7.05 Å². The maximum absolute atomic E-state index is 13.3. The van der Waals surface area contributed by atoms with E-state index in [4.69, 9.17) is 0 Å². The summed E-state index contributed by atoms with van der Waals surface area (Å²) in [4.78, 5) is 0. The van der Waals surface area contributed by atoms with E-state index in [9.17, 15) is 4.39 Å². The van der Waals surface area contributed by atoms with Crippen LogP contribution in [0.4, 0.5) is 4.39 Å². The van der Waals surface area contributed by atoms with Gasteiger partial charge in [0.25, 0.3) is 0 Å². The van der Waals surface area contributed by atoms with E-state index in [1.54, 1.807) is 12.1 Å². The summed E-state index contributed by atoms with van der Waals surface area (Å²) in [5.74, 6) is 0.486. The zero-order valence-corrected chi connectivity index (χ0v) is 11.1. The van der Waals surface area contributed by atoms with Crippen LogP contribution in [0.2, 0.25) is 0 Å². The first kappa shape index (κ1) is 12.1. The van der Waals surface area contributed by atoms with Crippen molar-refractivity contribution in [3.8, 4) is 0 Å². The molecule has 2 rings (SSSR count). The molecule has 1 aliphatic carbocycles. The summed E-state index contributed by atoms with van der Waals surface area (Å²) in [6.07, 6.45) is 5.09. The van der Waals surface area contributed by atoms with Gasteiger partial charge >= 0.3 is 0 Å². The summed E-state index contributed by atoms with van der Waals surface area (Å²) in [5.41, 5.74) is 1.05. The Morgan fingerprint density at radius 2 is 2.06 bits per heavy atom. The molecule has 1 fully saturated rings. The summed E-state index contributed by atoms with van der Waals surface area (Å²) >= 11 is 3.51. The molecule has 1 aromatic carbocycles. The average molecular weight is 286 g/mol. The summed E-state index contributed by atoms with van der Waals surface area (Å²) < 4.78 is 14.3. The van der Waals surface area contributed by atoms with Gasteiger partial charge < -0.3 is 5.32 Å². The summed E-state index contributed by atoms with van der Waals surface area (Å²) in [5, 5.41) is 3.33. The molecule has 0 heterocycles. The molecule has 1 unspecified atom stereocenters. The fourth-order valence-electron chi connectivity index (χ4n) is 2.69. The van der Waals surface area contributed by atoms with Crippen molar-refractivity contribution in [2.24, 2.45) is 5.92 Å². The van der Waals surface area contributed by atoms with E-state index >= 15 is 0 Å². The number of halogens is 2. The molecule has 0 saturated heterocycles. The monoisotopic (exact) mass is 285 g/mol. The third kappa shape index (κ3) is 2.46. The van der Waals surface area contributed by atoms with Crippen molar-refractivity contribution >= 4 is 15.9 Å². The van der Waals surface area contributed by atoms with Crippen LogP contribution < -0.4 is 5.32 Å². The van der Waals surface area contributed by atoms with Gasteiger partial charge in [0, 0.05) is 10.5 Å². The van der Waals surface area contributed by atoms with Gasteiger partial charge in [0.1, 0.15) is 5.82 Å². The Hall–Kier alpha value is -0.410. The van der Waals surface area contributed by atoms with Gasteiger partial charge in [0.2, 0.25) is 0 Å². The van der Waals surface area contributed by atoms with Crippen molar-refractivity contribution in [3.63, 3.8) is 0 Å².